The SMILES string of the molecule is Cc1ccc(-c2nc(-c3ccc(F)cc3)c(-c3ccncc3)[nH]2)o1. The van der Waals surface area contributed by atoms with Crippen LogP contribution in [0.4, 0.5) is 4.39 Å². The van der Waals surface area contributed by atoms with E-state index in [0.29, 0.717) is 11.6 Å². The molecule has 0 aliphatic rings. The number of aromatic nitrogens is 3. The molecule has 0 atom stereocenters. The molecule has 0 bridgehead atoms. The van der Waals surface area contributed by atoms with Gasteiger partial charge in [0.15, 0.2) is 11.6 Å². The van der Waals surface area contributed by atoms with Crippen LogP contribution in [0.25, 0.3) is 34.1 Å². The standard InChI is InChI=1S/C19H14FN3O/c1-12-2-7-16(24-12)19-22-17(13-3-5-15(20)6-4-13)18(23-19)14-8-10-21-11-9-14/h2-11H,1H3,(H,22,23). The number of hydrogen-bond donors (Lipinski definition) is 1. The molecule has 3 heterocycles. The first kappa shape index (κ1) is 14.4. The summed E-state index contributed by atoms with van der Waals surface area (Å²) in [5, 5.41) is 0. The lowest BCUT2D eigenvalue weighted by Gasteiger charge is -2.02. The van der Waals surface area contributed by atoms with Crippen LogP contribution in [-0.2, 0) is 0 Å². The van der Waals surface area contributed by atoms with Crippen molar-refractivity contribution in [1.29, 1.82) is 0 Å². The largest absolute Gasteiger partial charge is 0.458 e. The maximum Gasteiger partial charge on any atom is 0.174 e. The van der Waals surface area contributed by atoms with Crippen molar-refractivity contribution >= 4 is 0 Å². The fraction of sp³-hybridized carbons (Fsp3) is 0.0526. The summed E-state index contributed by atoms with van der Waals surface area (Å²) < 4.78 is 18.9. The van der Waals surface area contributed by atoms with Crippen LogP contribution in [0, 0.1) is 12.7 Å². The number of hydrogen-bond acceptors (Lipinski definition) is 3. The quantitative estimate of drug-likeness (QED) is 0.587. The van der Waals surface area contributed by atoms with Gasteiger partial charge in [-0.25, -0.2) is 9.37 Å². The number of benzene rings is 1. The van der Waals surface area contributed by atoms with Gasteiger partial charge in [0.25, 0.3) is 0 Å². The summed E-state index contributed by atoms with van der Waals surface area (Å²) >= 11 is 0. The van der Waals surface area contributed by atoms with Gasteiger partial charge < -0.3 is 9.40 Å². The van der Waals surface area contributed by atoms with E-state index in [0.717, 1.165) is 28.3 Å². The second kappa shape index (κ2) is 5.77. The molecule has 4 aromatic rings. The lowest BCUT2D eigenvalue weighted by molar-refractivity contribution is 0.545. The fourth-order valence-electron chi connectivity index (χ4n) is 2.60. The van der Waals surface area contributed by atoms with Crippen molar-refractivity contribution in [2.45, 2.75) is 6.92 Å². The molecule has 0 saturated heterocycles. The molecule has 118 valence electrons. The van der Waals surface area contributed by atoms with Crippen molar-refractivity contribution in [3.05, 3.63) is 72.5 Å². The van der Waals surface area contributed by atoms with Crippen molar-refractivity contribution in [3.63, 3.8) is 0 Å². The van der Waals surface area contributed by atoms with E-state index in [-0.39, 0.29) is 5.82 Å². The Bertz CT molecular complexity index is 972. The predicted octanol–water partition coefficient (Wildman–Crippen LogP) is 4.85. The molecule has 24 heavy (non-hydrogen) atoms. The average Bonchev–Trinajstić information content (AvgIpc) is 3.23. The van der Waals surface area contributed by atoms with E-state index < -0.39 is 0 Å². The maximum absolute atomic E-state index is 13.2. The topological polar surface area (TPSA) is 54.7 Å². The molecule has 0 radical (unpaired) electrons. The number of H-pyrrole nitrogens is 1. The second-order valence-electron chi connectivity index (χ2n) is 5.46. The summed E-state index contributed by atoms with van der Waals surface area (Å²) in [4.78, 5) is 12.0. The number of nitrogens with zero attached hydrogens (tertiary/aromatic N) is 2. The van der Waals surface area contributed by atoms with E-state index in [9.17, 15) is 4.39 Å². The van der Waals surface area contributed by atoms with Crippen molar-refractivity contribution in [2.75, 3.05) is 0 Å². The third kappa shape index (κ3) is 2.60. The Morgan fingerprint density at radius 2 is 1.67 bits per heavy atom. The van der Waals surface area contributed by atoms with Gasteiger partial charge in [-0.05, 0) is 55.5 Å². The monoisotopic (exact) mass is 319 g/mol. The number of furan rings is 1. The van der Waals surface area contributed by atoms with Crippen LogP contribution in [0.1, 0.15) is 5.76 Å². The van der Waals surface area contributed by atoms with Gasteiger partial charge in [-0.1, -0.05) is 0 Å². The summed E-state index contributed by atoms with van der Waals surface area (Å²) in [7, 11) is 0. The summed E-state index contributed by atoms with van der Waals surface area (Å²) in [6.07, 6.45) is 3.45. The van der Waals surface area contributed by atoms with Crippen molar-refractivity contribution in [2.24, 2.45) is 0 Å². The molecule has 5 heteroatoms. The van der Waals surface area contributed by atoms with Crippen molar-refractivity contribution < 1.29 is 8.81 Å². The molecule has 3 aromatic heterocycles. The van der Waals surface area contributed by atoms with Crippen LogP contribution in [0.5, 0.6) is 0 Å². The fourth-order valence-corrected chi connectivity index (χ4v) is 2.60. The molecule has 0 aliphatic heterocycles. The minimum absolute atomic E-state index is 0.276. The van der Waals surface area contributed by atoms with Crippen LogP contribution < -0.4 is 0 Å². The Labute approximate surface area is 138 Å². The molecular weight excluding hydrogens is 305 g/mol. The third-order valence-electron chi connectivity index (χ3n) is 3.76. The average molecular weight is 319 g/mol. The zero-order valence-corrected chi connectivity index (χ0v) is 13.0. The number of nitrogens with one attached hydrogen (secondary N) is 1. The molecule has 4 nitrogen and oxygen atoms in total. The number of halogens is 1. The predicted molar refractivity (Wildman–Crippen MR) is 89.7 cm³/mol. The smallest absolute Gasteiger partial charge is 0.174 e. The van der Waals surface area contributed by atoms with Gasteiger partial charge in [0.1, 0.15) is 11.6 Å². The molecule has 0 unspecified atom stereocenters. The van der Waals surface area contributed by atoms with E-state index in [1.54, 1.807) is 24.5 Å². The minimum atomic E-state index is -0.276. The van der Waals surface area contributed by atoms with Gasteiger partial charge in [0.05, 0.1) is 11.4 Å². The third-order valence-corrected chi connectivity index (χ3v) is 3.76. The summed E-state index contributed by atoms with van der Waals surface area (Å²) in [6, 6.07) is 13.9. The molecule has 1 N–H and O–H groups in total. The Morgan fingerprint density at radius 3 is 2.33 bits per heavy atom. The van der Waals surface area contributed by atoms with Crippen LogP contribution in [0.3, 0.4) is 0 Å². The summed E-state index contributed by atoms with van der Waals surface area (Å²) in [6.45, 7) is 1.89. The van der Waals surface area contributed by atoms with Crippen molar-refractivity contribution in [1.82, 2.24) is 15.0 Å². The molecule has 0 spiro atoms. The minimum Gasteiger partial charge on any atom is -0.458 e. The number of aromatic amines is 1. The Hall–Kier alpha value is -3.21. The molecule has 0 saturated carbocycles. The summed E-state index contributed by atoms with van der Waals surface area (Å²) in [5.74, 6) is 1.84. The Balaban J connectivity index is 1.90. The van der Waals surface area contributed by atoms with Crippen LogP contribution in [0.15, 0.2) is 65.3 Å². The van der Waals surface area contributed by atoms with Crippen LogP contribution in [-0.4, -0.2) is 15.0 Å². The van der Waals surface area contributed by atoms with E-state index in [1.165, 1.54) is 12.1 Å². The molecule has 0 fully saturated rings. The number of imidazole rings is 1. The number of rotatable bonds is 3. The highest BCUT2D eigenvalue weighted by atomic mass is 19.1. The van der Waals surface area contributed by atoms with Crippen molar-refractivity contribution in [3.8, 4) is 34.1 Å². The zero-order chi connectivity index (χ0) is 16.5. The normalized spacial score (nSPS) is 10.9. The number of aryl methyl sites for hydroxylation is 1. The van der Waals surface area contributed by atoms with E-state index in [2.05, 4.69) is 15.0 Å². The van der Waals surface area contributed by atoms with Crippen LogP contribution in [0.2, 0.25) is 0 Å². The van der Waals surface area contributed by atoms with Gasteiger partial charge in [0.2, 0.25) is 0 Å². The van der Waals surface area contributed by atoms with E-state index >= 15 is 0 Å². The zero-order valence-electron chi connectivity index (χ0n) is 13.0. The van der Waals surface area contributed by atoms with Gasteiger partial charge >= 0.3 is 0 Å². The van der Waals surface area contributed by atoms with Gasteiger partial charge in [0, 0.05) is 23.5 Å². The van der Waals surface area contributed by atoms with E-state index in [1.807, 2.05) is 31.2 Å². The van der Waals surface area contributed by atoms with Gasteiger partial charge in [-0.2, -0.15) is 0 Å². The van der Waals surface area contributed by atoms with Gasteiger partial charge in [-0.3, -0.25) is 4.98 Å². The molecule has 1 aromatic carbocycles. The molecular formula is C19H14FN3O. The Morgan fingerprint density at radius 1 is 0.917 bits per heavy atom. The first-order valence-corrected chi connectivity index (χ1v) is 7.54. The highest BCUT2D eigenvalue weighted by molar-refractivity contribution is 5.80. The maximum atomic E-state index is 13.2. The number of pyridine rings is 1. The first-order chi connectivity index (χ1) is 11.7. The van der Waals surface area contributed by atoms with E-state index in [4.69, 9.17) is 4.42 Å². The van der Waals surface area contributed by atoms with Gasteiger partial charge in [-0.15, -0.1) is 0 Å². The first-order valence-electron chi connectivity index (χ1n) is 7.54. The highest BCUT2D eigenvalue weighted by Crippen LogP contribution is 2.33. The summed E-state index contributed by atoms with van der Waals surface area (Å²) in [5.41, 5.74) is 3.36. The molecule has 0 amide bonds. The molecule has 0 aliphatic carbocycles. The molecule has 4 rings (SSSR count). The highest BCUT2D eigenvalue weighted by Gasteiger charge is 2.17. The Kier molecular flexibility index (Phi) is 3.46. The lowest BCUT2D eigenvalue weighted by Crippen LogP contribution is -1.84. The lowest BCUT2D eigenvalue weighted by atomic mass is 10.1. The second-order valence-corrected chi connectivity index (χ2v) is 5.46. The van der Waals surface area contributed by atoms with Crippen LogP contribution >= 0.6 is 0 Å².